The van der Waals surface area contributed by atoms with E-state index in [-0.39, 0.29) is 5.56 Å². The van der Waals surface area contributed by atoms with Crippen molar-refractivity contribution in [3.05, 3.63) is 51.7 Å². The van der Waals surface area contributed by atoms with Crippen LogP contribution in [0.4, 0.5) is 28.0 Å². The Labute approximate surface area is 160 Å². The molecular weight excluding hydrogens is 436 g/mol. The predicted octanol–water partition coefficient (Wildman–Crippen LogP) is 4.95. The number of urea groups is 1. The molecule has 0 saturated heterocycles. The van der Waals surface area contributed by atoms with E-state index >= 15 is 0 Å². The SMILES string of the molecule is COc1cc(Br)c(NC(=O)NCc2ccc(F)cc2C(F)(F)F)cc1OC. The van der Waals surface area contributed by atoms with Crippen molar-refractivity contribution in [1.82, 2.24) is 5.32 Å². The fraction of sp³-hybridized carbons (Fsp3) is 0.235. The zero-order valence-corrected chi connectivity index (χ0v) is 15.8. The van der Waals surface area contributed by atoms with Crippen molar-refractivity contribution in [3.8, 4) is 11.5 Å². The smallest absolute Gasteiger partial charge is 0.416 e. The molecule has 0 aliphatic heterocycles. The number of hydrogen-bond acceptors (Lipinski definition) is 3. The maximum Gasteiger partial charge on any atom is 0.416 e. The molecule has 2 amide bonds. The fourth-order valence-corrected chi connectivity index (χ4v) is 2.68. The lowest BCUT2D eigenvalue weighted by atomic mass is 10.1. The van der Waals surface area contributed by atoms with Crippen LogP contribution in [0.15, 0.2) is 34.8 Å². The highest BCUT2D eigenvalue weighted by Crippen LogP contribution is 2.36. The number of alkyl halides is 3. The Bertz CT molecular complexity index is 844. The van der Waals surface area contributed by atoms with Crippen LogP contribution in [0, 0.1) is 5.82 Å². The molecular formula is C17H15BrF4N2O3. The number of carbonyl (C=O) groups is 1. The molecule has 2 N–H and O–H groups in total. The summed E-state index contributed by atoms with van der Waals surface area (Å²) in [6.07, 6.45) is -4.73. The normalized spacial score (nSPS) is 11.1. The largest absolute Gasteiger partial charge is 0.493 e. The number of halogens is 5. The van der Waals surface area contributed by atoms with Gasteiger partial charge in [-0.15, -0.1) is 0 Å². The van der Waals surface area contributed by atoms with Crippen molar-refractivity contribution in [2.75, 3.05) is 19.5 Å². The first kappa shape index (κ1) is 20.8. The number of rotatable bonds is 5. The quantitative estimate of drug-likeness (QED) is 0.633. The van der Waals surface area contributed by atoms with E-state index in [1.807, 2.05) is 0 Å². The van der Waals surface area contributed by atoms with E-state index in [4.69, 9.17) is 9.47 Å². The molecule has 0 heterocycles. The van der Waals surface area contributed by atoms with Gasteiger partial charge in [-0.2, -0.15) is 13.2 Å². The third-order valence-electron chi connectivity index (χ3n) is 3.54. The van der Waals surface area contributed by atoms with E-state index in [9.17, 15) is 22.4 Å². The Kier molecular flexibility index (Phi) is 6.53. The molecule has 0 aromatic heterocycles. The minimum Gasteiger partial charge on any atom is -0.493 e. The molecule has 2 aromatic carbocycles. The highest BCUT2D eigenvalue weighted by molar-refractivity contribution is 9.10. The average Bonchev–Trinajstić information content (AvgIpc) is 2.61. The predicted molar refractivity (Wildman–Crippen MR) is 94.5 cm³/mol. The Balaban J connectivity index is 2.12. The number of amides is 2. The lowest BCUT2D eigenvalue weighted by molar-refractivity contribution is -0.138. The van der Waals surface area contributed by atoms with Crippen LogP contribution in [0.25, 0.3) is 0 Å². The number of carbonyl (C=O) groups excluding carboxylic acids is 1. The zero-order valence-electron chi connectivity index (χ0n) is 14.2. The number of hydrogen-bond donors (Lipinski definition) is 2. The standard InChI is InChI=1S/C17H15BrF4N2O3/c1-26-14-6-12(18)13(7-15(14)27-2)24-16(25)23-8-9-3-4-10(19)5-11(9)17(20,21)22/h3-7H,8H2,1-2H3,(H2,23,24,25). The van der Waals surface area contributed by atoms with E-state index < -0.39 is 30.1 Å². The van der Waals surface area contributed by atoms with Crippen molar-refractivity contribution in [2.24, 2.45) is 0 Å². The fourth-order valence-electron chi connectivity index (χ4n) is 2.26. The molecule has 0 saturated carbocycles. The van der Waals surface area contributed by atoms with E-state index in [1.54, 1.807) is 6.07 Å². The highest BCUT2D eigenvalue weighted by Gasteiger charge is 2.33. The second-order valence-electron chi connectivity index (χ2n) is 5.29. The van der Waals surface area contributed by atoms with E-state index in [1.165, 1.54) is 20.3 Å². The zero-order chi connectivity index (χ0) is 20.2. The maximum atomic E-state index is 13.1. The molecule has 0 radical (unpaired) electrons. The summed E-state index contributed by atoms with van der Waals surface area (Å²) in [7, 11) is 2.87. The van der Waals surface area contributed by atoms with Crippen molar-refractivity contribution < 1.29 is 31.8 Å². The van der Waals surface area contributed by atoms with E-state index in [0.717, 1.165) is 12.1 Å². The summed E-state index contributed by atoms with van der Waals surface area (Å²) >= 11 is 3.25. The summed E-state index contributed by atoms with van der Waals surface area (Å²) in [5.41, 5.74) is -1.08. The second kappa shape index (κ2) is 8.47. The molecule has 0 fully saturated rings. The van der Waals surface area contributed by atoms with Crippen LogP contribution in [0.3, 0.4) is 0 Å². The van der Waals surface area contributed by atoms with Crippen molar-refractivity contribution in [3.63, 3.8) is 0 Å². The van der Waals surface area contributed by atoms with E-state index in [0.29, 0.717) is 27.7 Å². The average molecular weight is 451 g/mol. The van der Waals surface area contributed by atoms with Crippen LogP contribution in [0.2, 0.25) is 0 Å². The molecule has 10 heteroatoms. The molecule has 2 aromatic rings. The lowest BCUT2D eigenvalue weighted by Crippen LogP contribution is -2.29. The van der Waals surface area contributed by atoms with Crippen LogP contribution in [-0.2, 0) is 12.7 Å². The third-order valence-corrected chi connectivity index (χ3v) is 4.19. The number of benzene rings is 2. The van der Waals surface area contributed by atoms with Gasteiger partial charge in [-0.05, 0) is 33.6 Å². The molecule has 0 atom stereocenters. The van der Waals surface area contributed by atoms with Crippen molar-refractivity contribution in [2.45, 2.75) is 12.7 Å². The summed E-state index contributed by atoms with van der Waals surface area (Å²) in [6.45, 7) is -0.439. The van der Waals surface area contributed by atoms with Crippen LogP contribution in [0.1, 0.15) is 11.1 Å². The molecule has 0 bridgehead atoms. The van der Waals surface area contributed by atoms with Crippen molar-refractivity contribution >= 4 is 27.6 Å². The summed E-state index contributed by atoms with van der Waals surface area (Å²) in [6, 6.07) is 4.57. The van der Waals surface area contributed by atoms with Gasteiger partial charge in [0.2, 0.25) is 0 Å². The molecule has 5 nitrogen and oxygen atoms in total. The summed E-state index contributed by atoms with van der Waals surface area (Å²) in [5, 5.41) is 4.80. The minimum absolute atomic E-state index is 0.259. The van der Waals surface area contributed by atoms with Crippen LogP contribution in [-0.4, -0.2) is 20.3 Å². The van der Waals surface area contributed by atoms with Gasteiger partial charge >= 0.3 is 12.2 Å². The summed E-state index contributed by atoms with van der Waals surface area (Å²) < 4.78 is 62.8. The Morgan fingerprint density at radius 3 is 2.33 bits per heavy atom. The lowest BCUT2D eigenvalue weighted by Gasteiger charge is -2.15. The molecule has 27 heavy (non-hydrogen) atoms. The molecule has 0 spiro atoms. The summed E-state index contributed by atoms with van der Waals surface area (Å²) in [5.74, 6) is -0.227. The topological polar surface area (TPSA) is 59.6 Å². The Morgan fingerprint density at radius 1 is 1.11 bits per heavy atom. The minimum atomic E-state index is -4.73. The first-order valence-electron chi connectivity index (χ1n) is 7.47. The molecule has 146 valence electrons. The first-order valence-corrected chi connectivity index (χ1v) is 8.27. The van der Waals surface area contributed by atoms with Gasteiger partial charge in [-0.1, -0.05) is 6.07 Å². The van der Waals surface area contributed by atoms with Gasteiger partial charge in [0.1, 0.15) is 5.82 Å². The Hall–Kier alpha value is -2.49. The number of methoxy groups -OCH3 is 2. The molecule has 0 aliphatic rings. The van der Waals surface area contributed by atoms with E-state index in [2.05, 4.69) is 26.6 Å². The van der Waals surface area contributed by atoms with Gasteiger partial charge < -0.3 is 20.1 Å². The highest BCUT2D eigenvalue weighted by atomic mass is 79.9. The van der Waals surface area contributed by atoms with Gasteiger partial charge in [0.05, 0.1) is 25.5 Å². The molecule has 0 aliphatic carbocycles. The van der Waals surface area contributed by atoms with Crippen LogP contribution in [0.5, 0.6) is 11.5 Å². The van der Waals surface area contributed by atoms with Gasteiger partial charge in [0.15, 0.2) is 11.5 Å². The number of anilines is 1. The molecule has 0 unspecified atom stereocenters. The van der Waals surface area contributed by atoms with Gasteiger partial charge in [-0.3, -0.25) is 0 Å². The number of nitrogens with one attached hydrogen (secondary N) is 2. The van der Waals surface area contributed by atoms with Gasteiger partial charge in [0, 0.05) is 23.2 Å². The monoisotopic (exact) mass is 450 g/mol. The van der Waals surface area contributed by atoms with Crippen LogP contribution < -0.4 is 20.1 Å². The maximum absolute atomic E-state index is 13.1. The van der Waals surface area contributed by atoms with Gasteiger partial charge in [-0.25, -0.2) is 9.18 Å². The van der Waals surface area contributed by atoms with Gasteiger partial charge in [0.25, 0.3) is 0 Å². The number of ether oxygens (including phenoxy) is 2. The third kappa shape index (κ3) is 5.25. The van der Waals surface area contributed by atoms with Crippen molar-refractivity contribution in [1.29, 1.82) is 0 Å². The van der Waals surface area contributed by atoms with Crippen LogP contribution >= 0.6 is 15.9 Å². The second-order valence-corrected chi connectivity index (χ2v) is 6.15. The first-order chi connectivity index (χ1) is 12.7. The Morgan fingerprint density at radius 2 is 1.74 bits per heavy atom. The molecule has 2 rings (SSSR count). The summed E-state index contributed by atoms with van der Waals surface area (Å²) in [4.78, 5) is 12.0.